The monoisotopic (exact) mass is 238 g/mol. The lowest BCUT2D eigenvalue weighted by atomic mass is 9.92. The van der Waals surface area contributed by atoms with Gasteiger partial charge in [0.15, 0.2) is 5.60 Å². The van der Waals surface area contributed by atoms with Crippen LogP contribution in [-0.2, 0) is 4.79 Å². The molecule has 0 unspecified atom stereocenters. The maximum Gasteiger partial charge on any atom is 0.420 e. The van der Waals surface area contributed by atoms with Crippen LogP contribution in [-0.4, -0.2) is 53.4 Å². The molecule has 1 atom stereocenters. The molecule has 2 fully saturated rings. The summed E-state index contributed by atoms with van der Waals surface area (Å²) in [5, 5.41) is 12.1. The molecule has 2 aliphatic heterocycles. The highest BCUT2D eigenvalue weighted by Crippen LogP contribution is 2.38. The fourth-order valence-electron chi connectivity index (χ4n) is 2.04. The van der Waals surface area contributed by atoms with Crippen molar-refractivity contribution in [1.29, 1.82) is 0 Å². The van der Waals surface area contributed by atoms with Gasteiger partial charge in [0.2, 0.25) is 5.91 Å². The summed E-state index contributed by atoms with van der Waals surface area (Å²) in [5.74, 6) is -0.341. The van der Waals surface area contributed by atoms with Crippen LogP contribution in [0.4, 0.5) is 13.2 Å². The van der Waals surface area contributed by atoms with E-state index in [0.29, 0.717) is 13.0 Å². The van der Waals surface area contributed by atoms with Gasteiger partial charge in [-0.25, -0.2) is 0 Å². The van der Waals surface area contributed by atoms with E-state index in [0.717, 1.165) is 11.3 Å². The number of likely N-dealkylation sites (tertiary alicyclic amines) is 1. The minimum absolute atomic E-state index is 0.341. The van der Waals surface area contributed by atoms with Gasteiger partial charge in [-0.3, -0.25) is 4.79 Å². The zero-order valence-corrected chi connectivity index (χ0v) is 8.55. The molecule has 0 aliphatic carbocycles. The highest BCUT2D eigenvalue weighted by Gasteiger charge is 2.62. The lowest BCUT2D eigenvalue weighted by Gasteiger charge is -2.47. The van der Waals surface area contributed by atoms with Crippen molar-refractivity contribution in [3.05, 3.63) is 0 Å². The van der Waals surface area contributed by atoms with E-state index >= 15 is 0 Å². The third-order valence-corrected chi connectivity index (χ3v) is 3.10. The molecule has 0 aromatic heterocycles. The molecule has 2 rings (SSSR count). The Bertz CT molecular complexity index is 294. The number of carbonyl (C=O) groups is 1. The molecule has 4 nitrogen and oxygen atoms in total. The number of alkyl halides is 3. The number of halogens is 3. The molecule has 2 saturated heterocycles. The summed E-state index contributed by atoms with van der Waals surface area (Å²) in [5.41, 5.74) is -2.71. The summed E-state index contributed by atoms with van der Waals surface area (Å²) in [6.07, 6.45) is -3.15. The van der Waals surface area contributed by atoms with E-state index in [1.165, 1.54) is 0 Å². The first-order chi connectivity index (χ1) is 7.33. The summed E-state index contributed by atoms with van der Waals surface area (Å²) in [4.78, 5) is 12.7. The van der Waals surface area contributed by atoms with Crippen LogP contribution in [0.1, 0.15) is 12.8 Å². The quantitative estimate of drug-likeness (QED) is 0.669. The third kappa shape index (κ3) is 1.78. The maximum absolute atomic E-state index is 12.3. The summed E-state index contributed by atoms with van der Waals surface area (Å²) >= 11 is 0. The molecule has 0 spiro atoms. The number of carbonyl (C=O) groups excluding carboxylic acids is 1. The highest BCUT2D eigenvalue weighted by atomic mass is 19.4. The Morgan fingerprint density at radius 1 is 1.44 bits per heavy atom. The first kappa shape index (κ1) is 11.7. The molecule has 2 aliphatic rings. The average Bonchev–Trinajstić information content (AvgIpc) is 2.62. The van der Waals surface area contributed by atoms with E-state index in [9.17, 15) is 18.0 Å². The number of rotatable bonds is 1. The lowest BCUT2D eigenvalue weighted by molar-refractivity contribution is -0.297. The number of aliphatic hydroxyl groups is 1. The topological polar surface area (TPSA) is 52.6 Å². The summed E-state index contributed by atoms with van der Waals surface area (Å²) in [7, 11) is 0. The van der Waals surface area contributed by atoms with Crippen molar-refractivity contribution in [2.24, 2.45) is 0 Å². The first-order valence-electron chi connectivity index (χ1n) is 5.15. The molecule has 2 heterocycles. The number of β-amino-alcohol motifs (C(OH)–C–C–N with tert-alkyl or cyclic N) is 1. The standard InChI is InChI=1S/C9H13F3N2O2/c10-9(11,12)8(16)4-14(5-8)7(15)6-2-1-3-13-6/h6,13,16H,1-5H2/t6-/m1/s1. The SMILES string of the molecule is O=C([C@H]1CCCN1)N1CC(O)(C(F)(F)F)C1. The predicted octanol–water partition coefficient (Wildman–Crippen LogP) is -0.126. The molecule has 92 valence electrons. The molecule has 1 amide bonds. The van der Waals surface area contributed by atoms with Gasteiger partial charge in [-0.15, -0.1) is 0 Å². The smallest absolute Gasteiger partial charge is 0.378 e. The van der Waals surface area contributed by atoms with Crippen molar-refractivity contribution in [3.8, 4) is 0 Å². The van der Waals surface area contributed by atoms with Crippen LogP contribution in [0.5, 0.6) is 0 Å². The van der Waals surface area contributed by atoms with Crippen molar-refractivity contribution in [2.75, 3.05) is 19.6 Å². The van der Waals surface area contributed by atoms with Gasteiger partial charge in [-0.05, 0) is 19.4 Å². The second-order valence-corrected chi connectivity index (χ2v) is 4.37. The van der Waals surface area contributed by atoms with Gasteiger partial charge in [0.25, 0.3) is 0 Å². The van der Waals surface area contributed by atoms with Gasteiger partial charge in [0.05, 0.1) is 19.1 Å². The Balaban J connectivity index is 1.90. The molecule has 0 saturated carbocycles. The van der Waals surface area contributed by atoms with Gasteiger partial charge in [-0.1, -0.05) is 0 Å². The van der Waals surface area contributed by atoms with Crippen LogP contribution in [0.2, 0.25) is 0 Å². The van der Waals surface area contributed by atoms with Crippen LogP contribution >= 0.6 is 0 Å². The molecule has 2 N–H and O–H groups in total. The molecule has 0 aromatic carbocycles. The van der Waals surface area contributed by atoms with Gasteiger partial charge >= 0.3 is 6.18 Å². The van der Waals surface area contributed by atoms with Crippen molar-refractivity contribution in [1.82, 2.24) is 10.2 Å². The number of nitrogens with zero attached hydrogens (tertiary/aromatic N) is 1. The van der Waals surface area contributed by atoms with Crippen molar-refractivity contribution in [2.45, 2.75) is 30.7 Å². The zero-order chi connectivity index (χ0) is 12.0. The van der Waals surface area contributed by atoms with Gasteiger partial charge < -0.3 is 15.3 Å². The maximum atomic E-state index is 12.3. The second-order valence-electron chi connectivity index (χ2n) is 4.37. The highest BCUT2D eigenvalue weighted by molar-refractivity contribution is 5.83. The van der Waals surface area contributed by atoms with Crippen LogP contribution in [0.25, 0.3) is 0 Å². The number of nitrogens with one attached hydrogen (secondary N) is 1. The van der Waals surface area contributed by atoms with Crippen molar-refractivity contribution < 1.29 is 23.1 Å². The van der Waals surface area contributed by atoms with Crippen molar-refractivity contribution in [3.63, 3.8) is 0 Å². The Hall–Kier alpha value is -0.820. The van der Waals surface area contributed by atoms with Gasteiger partial charge in [-0.2, -0.15) is 13.2 Å². The van der Waals surface area contributed by atoms with Crippen LogP contribution in [0, 0.1) is 0 Å². The molecular weight excluding hydrogens is 225 g/mol. The number of hydrogen-bond donors (Lipinski definition) is 2. The summed E-state index contributed by atoms with van der Waals surface area (Å²) in [6.45, 7) is -0.575. The third-order valence-electron chi connectivity index (χ3n) is 3.10. The van der Waals surface area contributed by atoms with Gasteiger partial charge in [0.1, 0.15) is 0 Å². The van der Waals surface area contributed by atoms with E-state index in [2.05, 4.69) is 5.32 Å². The average molecular weight is 238 g/mol. The Labute approximate surface area is 90.4 Å². The Morgan fingerprint density at radius 3 is 2.50 bits per heavy atom. The second kappa shape index (κ2) is 3.59. The van der Waals surface area contributed by atoms with E-state index in [1.54, 1.807) is 0 Å². The molecular formula is C9H13F3N2O2. The normalized spacial score (nSPS) is 29.0. The number of amides is 1. The van der Waals surface area contributed by atoms with Crippen LogP contribution < -0.4 is 5.32 Å². The first-order valence-corrected chi connectivity index (χ1v) is 5.15. The van der Waals surface area contributed by atoms with E-state index in [1.807, 2.05) is 0 Å². The minimum Gasteiger partial charge on any atom is -0.378 e. The van der Waals surface area contributed by atoms with Gasteiger partial charge in [0, 0.05) is 0 Å². The van der Waals surface area contributed by atoms with Crippen LogP contribution in [0.3, 0.4) is 0 Å². The molecule has 16 heavy (non-hydrogen) atoms. The predicted molar refractivity (Wildman–Crippen MR) is 48.6 cm³/mol. The van der Waals surface area contributed by atoms with E-state index < -0.39 is 24.9 Å². The summed E-state index contributed by atoms with van der Waals surface area (Å²) in [6, 6.07) is -0.377. The summed E-state index contributed by atoms with van der Waals surface area (Å²) < 4.78 is 36.9. The molecule has 0 radical (unpaired) electrons. The fraction of sp³-hybridized carbons (Fsp3) is 0.889. The Morgan fingerprint density at radius 2 is 2.06 bits per heavy atom. The van der Waals surface area contributed by atoms with Crippen molar-refractivity contribution >= 4 is 5.91 Å². The van der Waals surface area contributed by atoms with Crippen LogP contribution in [0.15, 0.2) is 0 Å². The molecule has 7 heteroatoms. The molecule has 0 aromatic rings. The zero-order valence-electron chi connectivity index (χ0n) is 8.55. The van der Waals surface area contributed by atoms with E-state index in [-0.39, 0.29) is 11.9 Å². The molecule has 0 bridgehead atoms. The largest absolute Gasteiger partial charge is 0.420 e. The lowest BCUT2D eigenvalue weighted by Crippen LogP contribution is -2.71. The fourth-order valence-corrected chi connectivity index (χ4v) is 2.04. The minimum atomic E-state index is -4.66. The number of hydrogen-bond acceptors (Lipinski definition) is 3. The Kier molecular flexibility index (Phi) is 2.62. The van der Waals surface area contributed by atoms with E-state index in [4.69, 9.17) is 5.11 Å².